The lowest BCUT2D eigenvalue weighted by molar-refractivity contribution is 0.428. The number of aryl methyl sites for hydroxylation is 1. The Labute approximate surface area is 115 Å². The average molecular weight is 260 g/mol. The first-order valence-electron chi connectivity index (χ1n) is 7.64. The van der Waals surface area contributed by atoms with Crippen LogP contribution in [0.1, 0.15) is 49.5 Å². The van der Waals surface area contributed by atoms with E-state index in [9.17, 15) is 0 Å². The third kappa shape index (κ3) is 2.89. The van der Waals surface area contributed by atoms with Gasteiger partial charge in [0.2, 0.25) is 0 Å². The molecule has 3 rings (SSSR count). The molecule has 1 aliphatic carbocycles. The van der Waals surface area contributed by atoms with Gasteiger partial charge < -0.3 is 10.2 Å². The van der Waals surface area contributed by atoms with Crippen molar-refractivity contribution in [3.05, 3.63) is 17.7 Å². The average Bonchev–Trinajstić information content (AvgIpc) is 2.49. The quantitative estimate of drug-likeness (QED) is 0.885. The summed E-state index contributed by atoms with van der Waals surface area (Å²) in [4.78, 5) is 11.9. The molecule has 1 aliphatic heterocycles. The van der Waals surface area contributed by atoms with Crippen LogP contribution in [-0.2, 0) is 0 Å². The van der Waals surface area contributed by atoms with Gasteiger partial charge in [-0.15, -0.1) is 0 Å². The molecule has 2 heterocycles. The smallest absolute Gasteiger partial charge is 0.131 e. The van der Waals surface area contributed by atoms with Crippen molar-refractivity contribution in [1.82, 2.24) is 15.3 Å². The molecule has 19 heavy (non-hydrogen) atoms. The van der Waals surface area contributed by atoms with Crippen LogP contribution in [0.4, 0.5) is 5.69 Å². The van der Waals surface area contributed by atoms with Crippen LogP contribution in [0.2, 0.25) is 0 Å². The third-order valence-corrected chi connectivity index (χ3v) is 4.40. The lowest BCUT2D eigenvalue weighted by Crippen LogP contribution is -2.44. The monoisotopic (exact) mass is 260 g/mol. The van der Waals surface area contributed by atoms with Crippen LogP contribution in [0, 0.1) is 6.92 Å². The van der Waals surface area contributed by atoms with Gasteiger partial charge in [-0.05, 0) is 19.8 Å². The second-order valence-electron chi connectivity index (χ2n) is 5.77. The van der Waals surface area contributed by atoms with E-state index in [-0.39, 0.29) is 0 Å². The Bertz CT molecular complexity index is 420. The normalized spacial score (nSPS) is 21.6. The van der Waals surface area contributed by atoms with Crippen LogP contribution < -0.4 is 10.2 Å². The lowest BCUT2D eigenvalue weighted by Gasteiger charge is -2.30. The van der Waals surface area contributed by atoms with Crippen molar-refractivity contribution in [2.75, 3.05) is 31.1 Å². The van der Waals surface area contributed by atoms with Gasteiger partial charge in [0.05, 0.1) is 17.6 Å². The fraction of sp³-hybridized carbons (Fsp3) is 0.733. The van der Waals surface area contributed by atoms with Crippen LogP contribution in [-0.4, -0.2) is 36.1 Å². The van der Waals surface area contributed by atoms with Crippen molar-refractivity contribution in [2.24, 2.45) is 0 Å². The highest BCUT2D eigenvalue weighted by Gasteiger charge is 2.20. The van der Waals surface area contributed by atoms with E-state index in [2.05, 4.69) is 28.3 Å². The zero-order chi connectivity index (χ0) is 13.1. The second kappa shape index (κ2) is 5.87. The molecule has 0 atom stereocenters. The first kappa shape index (κ1) is 12.9. The summed E-state index contributed by atoms with van der Waals surface area (Å²) >= 11 is 0. The van der Waals surface area contributed by atoms with Gasteiger partial charge in [0, 0.05) is 32.1 Å². The maximum atomic E-state index is 4.80. The number of hydrogen-bond acceptors (Lipinski definition) is 4. The molecule has 1 N–H and O–H groups in total. The fourth-order valence-electron chi connectivity index (χ4n) is 3.25. The van der Waals surface area contributed by atoms with Gasteiger partial charge in [0.15, 0.2) is 0 Å². The Morgan fingerprint density at radius 3 is 2.58 bits per heavy atom. The zero-order valence-corrected chi connectivity index (χ0v) is 11.9. The molecule has 1 saturated heterocycles. The van der Waals surface area contributed by atoms with Gasteiger partial charge in [-0.2, -0.15) is 0 Å². The van der Waals surface area contributed by atoms with Crippen LogP contribution in [0.25, 0.3) is 0 Å². The molecule has 0 bridgehead atoms. The molecule has 1 aromatic rings. The van der Waals surface area contributed by atoms with E-state index in [1.165, 1.54) is 37.8 Å². The van der Waals surface area contributed by atoms with E-state index in [1.807, 2.05) is 0 Å². The molecule has 0 unspecified atom stereocenters. The topological polar surface area (TPSA) is 41.1 Å². The summed E-state index contributed by atoms with van der Waals surface area (Å²) < 4.78 is 0. The number of nitrogens with zero attached hydrogens (tertiary/aromatic N) is 3. The molecule has 0 radical (unpaired) electrons. The summed E-state index contributed by atoms with van der Waals surface area (Å²) in [6, 6.07) is 0. The van der Waals surface area contributed by atoms with Gasteiger partial charge in [-0.3, -0.25) is 0 Å². The van der Waals surface area contributed by atoms with E-state index in [1.54, 1.807) is 0 Å². The van der Waals surface area contributed by atoms with E-state index in [0.717, 1.165) is 37.7 Å². The molecule has 0 amide bonds. The first-order valence-corrected chi connectivity index (χ1v) is 7.64. The molecule has 0 aromatic carbocycles. The Kier molecular flexibility index (Phi) is 3.97. The van der Waals surface area contributed by atoms with Crippen LogP contribution >= 0.6 is 0 Å². The van der Waals surface area contributed by atoms with Crippen molar-refractivity contribution in [3.63, 3.8) is 0 Å². The minimum Gasteiger partial charge on any atom is -0.366 e. The van der Waals surface area contributed by atoms with Crippen molar-refractivity contribution >= 4 is 5.69 Å². The highest BCUT2D eigenvalue weighted by molar-refractivity contribution is 5.49. The Balaban J connectivity index is 1.76. The second-order valence-corrected chi connectivity index (χ2v) is 5.77. The van der Waals surface area contributed by atoms with E-state index in [0.29, 0.717) is 5.92 Å². The highest BCUT2D eigenvalue weighted by Crippen LogP contribution is 2.31. The molecule has 1 saturated carbocycles. The summed E-state index contributed by atoms with van der Waals surface area (Å²) in [5, 5.41) is 3.38. The fourth-order valence-corrected chi connectivity index (χ4v) is 3.25. The maximum Gasteiger partial charge on any atom is 0.131 e. The van der Waals surface area contributed by atoms with Crippen molar-refractivity contribution in [3.8, 4) is 0 Å². The summed E-state index contributed by atoms with van der Waals surface area (Å²) in [6.45, 7) is 6.37. The van der Waals surface area contributed by atoms with Gasteiger partial charge in [-0.1, -0.05) is 19.3 Å². The molecule has 2 fully saturated rings. The van der Waals surface area contributed by atoms with Crippen LogP contribution in [0.3, 0.4) is 0 Å². The highest BCUT2D eigenvalue weighted by atomic mass is 15.2. The van der Waals surface area contributed by atoms with Crippen molar-refractivity contribution in [2.45, 2.75) is 44.9 Å². The predicted octanol–water partition coefficient (Wildman–Crippen LogP) is 2.24. The summed E-state index contributed by atoms with van der Waals surface area (Å²) in [6.07, 6.45) is 8.66. The molecule has 4 heteroatoms. The number of aromatic nitrogens is 2. The number of nitrogens with one attached hydrogen (secondary N) is 1. The molecule has 1 aromatic heterocycles. The molecule has 2 aliphatic rings. The molecule has 104 valence electrons. The SMILES string of the molecule is Cc1nc(C2CCCCC2)ncc1N1CCNCC1. The number of rotatable bonds is 2. The largest absolute Gasteiger partial charge is 0.366 e. The lowest BCUT2D eigenvalue weighted by atomic mass is 9.88. The third-order valence-electron chi connectivity index (χ3n) is 4.40. The Morgan fingerprint density at radius 2 is 1.89 bits per heavy atom. The van der Waals surface area contributed by atoms with Crippen LogP contribution in [0.5, 0.6) is 0 Å². The number of anilines is 1. The van der Waals surface area contributed by atoms with E-state index < -0.39 is 0 Å². The van der Waals surface area contributed by atoms with Crippen molar-refractivity contribution < 1.29 is 0 Å². The minimum absolute atomic E-state index is 0.601. The molecular weight excluding hydrogens is 236 g/mol. The standard InChI is InChI=1S/C15H24N4/c1-12-14(19-9-7-16-8-10-19)11-17-15(18-12)13-5-3-2-4-6-13/h11,13,16H,2-10H2,1H3. The Morgan fingerprint density at radius 1 is 1.16 bits per heavy atom. The summed E-state index contributed by atoms with van der Waals surface area (Å²) in [5.74, 6) is 1.68. The van der Waals surface area contributed by atoms with Crippen molar-refractivity contribution in [1.29, 1.82) is 0 Å². The summed E-state index contributed by atoms with van der Waals surface area (Å²) in [7, 11) is 0. The van der Waals surface area contributed by atoms with Gasteiger partial charge >= 0.3 is 0 Å². The maximum absolute atomic E-state index is 4.80. The summed E-state index contributed by atoms with van der Waals surface area (Å²) in [5.41, 5.74) is 2.37. The van der Waals surface area contributed by atoms with Gasteiger partial charge in [0.25, 0.3) is 0 Å². The zero-order valence-electron chi connectivity index (χ0n) is 11.9. The number of hydrogen-bond donors (Lipinski definition) is 1. The molecule has 4 nitrogen and oxygen atoms in total. The van der Waals surface area contributed by atoms with E-state index >= 15 is 0 Å². The predicted molar refractivity (Wildman–Crippen MR) is 77.7 cm³/mol. The number of piperazine rings is 1. The van der Waals surface area contributed by atoms with Gasteiger partial charge in [-0.25, -0.2) is 9.97 Å². The first-order chi connectivity index (χ1) is 9.34. The Hall–Kier alpha value is -1.16. The minimum atomic E-state index is 0.601. The molecule has 0 spiro atoms. The van der Waals surface area contributed by atoms with Crippen LogP contribution in [0.15, 0.2) is 6.20 Å². The molecular formula is C15H24N4. The van der Waals surface area contributed by atoms with E-state index in [4.69, 9.17) is 4.98 Å². The van der Waals surface area contributed by atoms with Gasteiger partial charge in [0.1, 0.15) is 5.82 Å².